The second kappa shape index (κ2) is 4.94. The highest BCUT2D eigenvalue weighted by Gasteiger charge is 2.03. The third-order valence-corrected chi connectivity index (χ3v) is 2.18. The first-order valence-electron chi connectivity index (χ1n) is 5.42. The lowest BCUT2D eigenvalue weighted by Crippen LogP contribution is -2.27. The number of ether oxygens (including phenoxy) is 1. The number of fused-ring (bicyclic) bond motifs is 1. The molecule has 2 rings (SSSR count). The minimum atomic E-state index is 0.474. The van der Waals surface area contributed by atoms with Crippen LogP contribution in [0.3, 0.4) is 0 Å². The van der Waals surface area contributed by atoms with E-state index in [1.165, 1.54) is 0 Å². The van der Waals surface area contributed by atoms with Crippen LogP contribution in [-0.2, 0) is 0 Å². The fraction of sp³-hybridized carbons (Fsp3) is 0.455. The number of nitrogens with zero attached hydrogens (tertiary/aromatic N) is 3. The summed E-state index contributed by atoms with van der Waals surface area (Å²) in [7, 11) is 0. The van der Waals surface area contributed by atoms with Gasteiger partial charge in [0.05, 0.1) is 6.20 Å². The van der Waals surface area contributed by atoms with Crippen LogP contribution < -0.4 is 10.1 Å². The molecular weight excluding hydrogens is 204 g/mol. The molecule has 86 valence electrons. The van der Waals surface area contributed by atoms with Crippen molar-refractivity contribution in [2.75, 3.05) is 13.2 Å². The lowest BCUT2D eigenvalue weighted by Gasteiger charge is -2.09. The van der Waals surface area contributed by atoms with Gasteiger partial charge in [-0.3, -0.25) is 0 Å². The van der Waals surface area contributed by atoms with E-state index in [0.29, 0.717) is 18.5 Å². The largest absolute Gasteiger partial charge is 0.475 e. The molecule has 5 nitrogen and oxygen atoms in total. The van der Waals surface area contributed by atoms with Crippen LogP contribution in [-0.4, -0.2) is 33.8 Å². The summed E-state index contributed by atoms with van der Waals surface area (Å²) in [5.74, 6) is 0.630. The SMILES string of the molecule is CC(C)NCCOc1nccn2nccc12. The molecule has 0 unspecified atom stereocenters. The summed E-state index contributed by atoms with van der Waals surface area (Å²) >= 11 is 0. The number of aromatic nitrogens is 3. The van der Waals surface area contributed by atoms with Crippen molar-refractivity contribution >= 4 is 5.52 Å². The van der Waals surface area contributed by atoms with Crippen LogP contribution in [0.1, 0.15) is 13.8 Å². The van der Waals surface area contributed by atoms with Crippen molar-refractivity contribution < 1.29 is 4.74 Å². The van der Waals surface area contributed by atoms with Gasteiger partial charge in [-0.05, 0) is 6.07 Å². The highest BCUT2D eigenvalue weighted by molar-refractivity contribution is 5.54. The average molecular weight is 220 g/mol. The van der Waals surface area contributed by atoms with Gasteiger partial charge in [0.15, 0.2) is 0 Å². The Hall–Kier alpha value is -1.62. The van der Waals surface area contributed by atoms with Crippen molar-refractivity contribution in [2.45, 2.75) is 19.9 Å². The zero-order valence-electron chi connectivity index (χ0n) is 9.55. The average Bonchev–Trinajstić information content (AvgIpc) is 2.72. The molecule has 0 amide bonds. The minimum Gasteiger partial charge on any atom is -0.475 e. The zero-order valence-corrected chi connectivity index (χ0v) is 9.55. The molecule has 0 fully saturated rings. The monoisotopic (exact) mass is 220 g/mol. The van der Waals surface area contributed by atoms with Crippen LogP contribution in [0.4, 0.5) is 0 Å². The van der Waals surface area contributed by atoms with Crippen molar-refractivity contribution in [3.63, 3.8) is 0 Å². The normalized spacial score (nSPS) is 11.2. The maximum absolute atomic E-state index is 5.59. The van der Waals surface area contributed by atoms with Gasteiger partial charge in [-0.25, -0.2) is 9.50 Å². The van der Waals surface area contributed by atoms with E-state index < -0.39 is 0 Å². The third-order valence-electron chi connectivity index (χ3n) is 2.18. The van der Waals surface area contributed by atoms with E-state index in [4.69, 9.17) is 4.74 Å². The van der Waals surface area contributed by atoms with Gasteiger partial charge in [-0.15, -0.1) is 0 Å². The Morgan fingerprint density at radius 3 is 3.12 bits per heavy atom. The Balaban J connectivity index is 1.96. The second-order valence-corrected chi connectivity index (χ2v) is 3.85. The number of hydrogen-bond acceptors (Lipinski definition) is 4. The standard InChI is InChI=1S/C11H16N4O/c1-9(2)12-6-8-16-11-10-3-4-14-15(10)7-5-13-11/h3-5,7,9,12H,6,8H2,1-2H3. The van der Waals surface area contributed by atoms with E-state index in [0.717, 1.165) is 12.1 Å². The topological polar surface area (TPSA) is 51.5 Å². The summed E-state index contributed by atoms with van der Waals surface area (Å²) in [6, 6.07) is 2.36. The molecular formula is C11H16N4O. The van der Waals surface area contributed by atoms with E-state index in [1.807, 2.05) is 6.07 Å². The van der Waals surface area contributed by atoms with Crippen molar-refractivity contribution in [2.24, 2.45) is 0 Å². The number of nitrogens with one attached hydrogen (secondary N) is 1. The maximum Gasteiger partial charge on any atom is 0.240 e. The molecule has 2 heterocycles. The Kier molecular flexibility index (Phi) is 3.36. The van der Waals surface area contributed by atoms with Crippen molar-refractivity contribution in [3.8, 4) is 5.88 Å². The van der Waals surface area contributed by atoms with Gasteiger partial charge in [0, 0.05) is 25.0 Å². The fourth-order valence-electron chi connectivity index (χ4n) is 1.44. The van der Waals surface area contributed by atoms with E-state index in [9.17, 15) is 0 Å². The predicted octanol–water partition coefficient (Wildman–Crippen LogP) is 1.11. The van der Waals surface area contributed by atoms with Gasteiger partial charge in [0.1, 0.15) is 12.1 Å². The number of rotatable bonds is 5. The van der Waals surface area contributed by atoms with E-state index >= 15 is 0 Å². The van der Waals surface area contributed by atoms with Crippen LogP contribution in [0.2, 0.25) is 0 Å². The van der Waals surface area contributed by atoms with Gasteiger partial charge in [0.2, 0.25) is 5.88 Å². The summed E-state index contributed by atoms with van der Waals surface area (Å²) in [6.07, 6.45) is 5.22. The van der Waals surface area contributed by atoms with Crippen LogP contribution in [0, 0.1) is 0 Å². The molecule has 0 saturated heterocycles. The molecule has 0 bridgehead atoms. The lowest BCUT2D eigenvalue weighted by atomic mass is 10.4. The van der Waals surface area contributed by atoms with Crippen LogP contribution in [0.15, 0.2) is 24.7 Å². The van der Waals surface area contributed by atoms with Gasteiger partial charge in [-0.1, -0.05) is 13.8 Å². The summed E-state index contributed by atoms with van der Waals surface area (Å²) in [5.41, 5.74) is 0.895. The smallest absolute Gasteiger partial charge is 0.240 e. The van der Waals surface area contributed by atoms with E-state index in [1.54, 1.807) is 23.1 Å². The molecule has 2 aromatic heterocycles. The van der Waals surface area contributed by atoms with Crippen LogP contribution >= 0.6 is 0 Å². The molecule has 16 heavy (non-hydrogen) atoms. The van der Waals surface area contributed by atoms with Gasteiger partial charge in [0.25, 0.3) is 0 Å². The molecule has 0 aromatic carbocycles. The zero-order chi connectivity index (χ0) is 11.4. The molecule has 2 aromatic rings. The predicted molar refractivity (Wildman–Crippen MR) is 61.6 cm³/mol. The van der Waals surface area contributed by atoms with Crippen LogP contribution in [0.5, 0.6) is 5.88 Å². The van der Waals surface area contributed by atoms with Crippen molar-refractivity contribution in [1.82, 2.24) is 19.9 Å². The minimum absolute atomic E-state index is 0.474. The summed E-state index contributed by atoms with van der Waals surface area (Å²) in [4.78, 5) is 4.18. The van der Waals surface area contributed by atoms with Crippen molar-refractivity contribution in [3.05, 3.63) is 24.7 Å². The fourth-order valence-corrected chi connectivity index (χ4v) is 1.44. The highest BCUT2D eigenvalue weighted by atomic mass is 16.5. The Labute approximate surface area is 94.4 Å². The van der Waals surface area contributed by atoms with E-state index in [-0.39, 0.29) is 0 Å². The summed E-state index contributed by atoms with van der Waals surface area (Å²) < 4.78 is 7.34. The molecule has 0 atom stereocenters. The first kappa shape index (κ1) is 10.9. The summed E-state index contributed by atoms with van der Waals surface area (Å²) in [5, 5.41) is 7.40. The third kappa shape index (κ3) is 2.49. The van der Waals surface area contributed by atoms with Gasteiger partial charge in [-0.2, -0.15) is 5.10 Å². The first-order valence-corrected chi connectivity index (χ1v) is 5.42. The molecule has 0 aliphatic carbocycles. The quantitative estimate of drug-likeness (QED) is 0.767. The molecule has 0 radical (unpaired) electrons. The molecule has 0 saturated carbocycles. The molecule has 0 spiro atoms. The Morgan fingerprint density at radius 1 is 1.44 bits per heavy atom. The van der Waals surface area contributed by atoms with Gasteiger partial charge >= 0.3 is 0 Å². The molecule has 1 N–H and O–H groups in total. The maximum atomic E-state index is 5.59. The van der Waals surface area contributed by atoms with Crippen molar-refractivity contribution in [1.29, 1.82) is 0 Å². The highest BCUT2D eigenvalue weighted by Crippen LogP contribution is 2.14. The Bertz CT molecular complexity index is 452. The number of hydrogen-bond donors (Lipinski definition) is 1. The molecule has 0 aliphatic rings. The first-order chi connectivity index (χ1) is 7.77. The molecule has 5 heteroatoms. The lowest BCUT2D eigenvalue weighted by molar-refractivity contribution is 0.300. The van der Waals surface area contributed by atoms with Crippen LogP contribution in [0.25, 0.3) is 5.52 Å². The van der Waals surface area contributed by atoms with E-state index in [2.05, 4.69) is 29.2 Å². The Morgan fingerprint density at radius 2 is 2.31 bits per heavy atom. The molecule has 0 aliphatic heterocycles. The summed E-state index contributed by atoms with van der Waals surface area (Å²) in [6.45, 7) is 5.64. The second-order valence-electron chi connectivity index (χ2n) is 3.85. The van der Waals surface area contributed by atoms with Gasteiger partial charge < -0.3 is 10.1 Å².